The molecule has 0 saturated heterocycles. The Morgan fingerprint density at radius 1 is 1.00 bits per heavy atom. The predicted octanol–water partition coefficient (Wildman–Crippen LogP) is 5.99. The Morgan fingerprint density at radius 3 is 2.44 bits per heavy atom. The molecule has 0 saturated carbocycles. The second kappa shape index (κ2) is 11.3. The number of furan rings is 1. The minimum atomic E-state index is -0.0518. The van der Waals surface area contributed by atoms with Gasteiger partial charge in [0.25, 0.3) is 5.91 Å². The largest absolute Gasteiger partial charge is 0.493 e. The second-order valence-corrected chi connectivity index (χ2v) is 8.18. The first-order valence-corrected chi connectivity index (χ1v) is 11.1. The van der Waals surface area contributed by atoms with Gasteiger partial charge in [0.2, 0.25) is 0 Å². The van der Waals surface area contributed by atoms with E-state index in [4.69, 9.17) is 9.15 Å². The van der Waals surface area contributed by atoms with E-state index in [1.165, 1.54) is 0 Å². The van der Waals surface area contributed by atoms with Crippen molar-refractivity contribution in [1.29, 1.82) is 0 Å². The van der Waals surface area contributed by atoms with Crippen molar-refractivity contribution in [2.75, 3.05) is 13.7 Å². The van der Waals surface area contributed by atoms with Crippen LogP contribution in [0.4, 0.5) is 0 Å². The van der Waals surface area contributed by atoms with E-state index in [-0.39, 0.29) is 17.6 Å². The van der Waals surface area contributed by atoms with Gasteiger partial charge in [0.15, 0.2) is 0 Å². The summed E-state index contributed by atoms with van der Waals surface area (Å²) >= 11 is 0. The van der Waals surface area contributed by atoms with E-state index in [0.29, 0.717) is 18.7 Å². The van der Waals surface area contributed by atoms with Crippen LogP contribution in [0.3, 0.4) is 0 Å². The molecule has 1 heterocycles. The summed E-state index contributed by atoms with van der Waals surface area (Å²) < 4.78 is 11.4. The fraction of sp³-hybridized carbons (Fsp3) is 0.333. The maximum absolute atomic E-state index is 12.9. The highest BCUT2D eigenvalue weighted by atomic mass is 16.5. The van der Waals surface area contributed by atoms with Crippen LogP contribution in [0.2, 0.25) is 0 Å². The highest BCUT2D eigenvalue weighted by Gasteiger charge is 2.15. The Hall–Kier alpha value is -3.34. The van der Waals surface area contributed by atoms with E-state index in [1.807, 2.05) is 67.6 Å². The number of carbonyl (C=O) groups excluding carboxylic acids is 2. The van der Waals surface area contributed by atoms with Gasteiger partial charge in [-0.25, -0.2) is 0 Å². The number of Topliss-reactive ketones (excluding diaryl/α,β-unsaturated/α-hetero) is 1. The lowest BCUT2D eigenvalue weighted by Gasteiger charge is -2.20. The number of para-hydroxylation sites is 1. The summed E-state index contributed by atoms with van der Waals surface area (Å²) in [6.07, 6.45) is 4.36. The number of ketones is 1. The zero-order chi connectivity index (χ0) is 22.9. The van der Waals surface area contributed by atoms with Crippen LogP contribution in [-0.2, 0) is 11.3 Å². The quantitative estimate of drug-likeness (QED) is 0.348. The van der Waals surface area contributed by atoms with E-state index in [2.05, 4.69) is 0 Å². The van der Waals surface area contributed by atoms with Crippen LogP contribution in [0.15, 0.2) is 71.3 Å². The van der Waals surface area contributed by atoms with Crippen molar-refractivity contribution in [2.24, 2.45) is 5.92 Å². The molecule has 3 rings (SSSR count). The average Bonchev–Trinajstić information content (AvgIpc) is 3.34. The van der Waals surface area contributed by atoms with E-state index >= 15 is 0 Å². The number of amides is 1. The molecule has 0 aliphatic rings. The molecule has 0 aliphatic heterocycles. The molecule has 0 fully saturated rings. The number of carbonyl (C=O) groups is 2. The lowest BCUT2D eigenvalue weighted by molar-refractivity contribution is -0.120. The number of rotatable bonds is 11. The van der Waals surface area contributed by atoms with Crippen molar-refractivity contribution >= 4 is 11.7 Å². The highest BCUT2D eigenvalue weighted by Crippen LogP contribution is 2.23. The Balaban J connectivity index is 1.55. The van der Waals surface area contributed by atoms with E-state index in [9.17, 15) is 9.59 Å². The molecule has 5 nitrogen and oxygen atoms in total. The highest BCUT2D eigenvalue weighted by molar-refractivity contribution is 5.94. The van der Waals surface area contributed by atoms with Gasteiger partial charge in [-0.3, -0.25) is 9.59 Å². The van der Waals surface area contributed by atoms with Gasteiger partial charge in [0.1, 0.15) is 17.3 Å². The van der Waals surface area contributed by atoms with Crippen LogP contribution >= 0.6 is 0 Å². The smallest absolute Gasteiger partial charge is 0.253 e. The molecule has 0 aliphatic carbocycles. The molecule has 2 aromatic carbocycles. The summed E-state index contributed by atoms with van der Waals surface area (Å²) in [5.41, 5.74) is 2.53. The molecule has 0 bridgehead atoms. The molecule has 1 amide bonds. The summed E-state index contributed by atoms with van der Waals surface area (Å²) in [5, 5.41) is 0. The number of unbranched alkanes of at least 4 members (excludes halogenated alkanes) is 1. The molecular weight excluding hydrogens is 402 g/mol. The first-order chi connectivity index (χ1) is 15.5. The van der Waals surface area contributed by atoms with Gasteiger partial charge in [-0.05, 0) is 56.5 Å². The second-order valence-electron chi connectivity index (χ2n) is 8.18. The summed E-state index contributed by atoms with van der Waals surface area (Å²) in [6, 6.07) is 19.0. The normalized spacial score (nSPS) is 11.7. The van der Waals surface area contributed by atoms with Crippen molar-refractivity contribution in [3.05, 3.63) is 78.1 Å². The molecule has 0 spiro atoms. The van der Waals surface area contributed by atoms with Crippen molar-refractivity contribution in [1.82, 2.24) is 4.90 Å². The van der Waals surface area contributed by atoms with Gasteiger partial charge in [-0.15, -0.1) is 0 Å². The predicted molar refractivity (Wildman–Crippen MR) is 126 cm³/mol. The Bertz CT molecular complexity index is 1010. The fourth-order valence-electron chi connectivity index (χ4n) is 3.48. The van der Waals surface area contributed by atoms with Gasteiger partial charge in [0, 0.05) is 36.2 Å². The average molecular weight is 434 g/mol. The Labute approximate surface area is 190 Å². The molecule has 0 radical (unpaired) electrons. The van der Waals surface area contributed by atoms with Crippen LogP contribution in [-0.4, -0.2) is 30.2 Å². The Morgan fingerprint density at radius 2 is 1.75 bits per heavy atom. The topological polar surface area (TPSA) is 59.8 Å². The number of hydrogen-bond donors (Lipinski definition) is 0. The van der Waals surface area contributed by atoms with Gasteiger partial charge in [-0.2, -0.15) is 0 Å². The van der Waals surface area contributed by atoms with Crippen molar-refractivity contribution in [3.8, 4) is 17.1 Å². The number of ether oxygens (including phenoxy) is 1. The van der Waals surface area contributed by atoms with Crippen molar-refractivity contribution < 1.29 is 18.7 Å². The van der Waals surface area contributed by atoms with Crippen LogP contribution in [0.1, 0.15) is 49.0 Å². The first kappa shape index (κ1) is 23.3. The zero-order valence-electron chi connectivity index (χ0n) is 19.0. The van der Waals surface area contributed by atoms with Crippen LogP contribution in [0, 0.1) is 5.92 Å². The third kappa shape index (κ3) is 6.33. The van der Waals surface area contributed by atoms with E-state index < -0.39 is 0 Å². The van der Waals surface area contributed by atoms with Gasteiger partial charge in [0.05, 0.1) is 12.9 Å². The Kier molecular flexibility index (Phi) is 8.26. The van der Waals surface area contributed by atoms with E-state index in [1.54, 1.807) is 25.1 Å². The van der Waals surface area contributed by atoms with Crippen LogP contribution < -0.4 is 4.74 Å². The third-order valence-corrected chi connectivity index (χ3v) is 5.65. The lowest BCUT2D eigenvalue weighted by Crippen LogP contribution is -2.26. The summed E-state index contributed by atoms with van der Waals surface area (Å²) in [4.78, 5) is 25.9. The molecule has 1 aromatic heterocycles. The zero-order valence-corrected chi connectivity index (χ0v) is 19.0. The molecule has 0 N–H and O–H groups in total. The minimum Gasteiger partial charge on any atom is -0.493 e. The first-order valence-electron chi connectivity index (χ1n) is 11.1. The number of nitrogens with zero attached hydrogens (tertiary/aromatic N) is 1. The summed E-state index contributed by atoms with van der Waals surface area (Å²) in [5.74, 6) is 1.86. The monoisotopic (exact) mass is 433 g/mol. The molecule has 3 aromatic rings. The summed E-state index contributed by atoms with van der Waals surface area (Å²) in [7, 11) is 1.79. The fourth-order valence-corrected chi connectivity index (χ4v) is 3.48. The van der Waals surface area contributed by atoms with Gasteiger partial charge in [-0.1, -0.05) is 37.3 Å². The molecule has 5 heteroatoms. The third-order valence-electron chi connectivity index (χ3n) is 5.65. The molecule has 168 valence electrons. The molecule has 1 atom stereocenters. The van der Waals surface area contributed by atoms with Crippen molar-refractivity contribution in [2.45, 2.75) is 39.7 Å². The maximum atomic E-state index is 12.9. The maximum Gasteiger partial charge on any atom is 0.253 e. The molecular formula is C27H31NO4. The van der Waals surface area contributed by atoms with Gasteiger partial charge >= 0.3 is 0 Å². The van der Waals surface area contributed by atoms with E-state index in [0.717, 1.165) is 41.9 Å². The molecule has 1 unspecified atom stereocenters. The number of benzene rings is 2. The SMILES string of the molecule is CC(=O)C(C)CCCCOc1ccccc1CN(C)C(=O)c1ccc(-c2ccco2)cc1. The minimum absolute atomic E-state index is 0.0518. The van der Waals surface area contributed by atoms with Crippen molar-refractivity contribution in [3.63, 3.8) is 0 Å². The standard InChI is InChI=1S/C27H31NO4/c1-20(21(2)29)9-6-7-17-31-26-11-5-4-10-24(26)19-28(3)27(30)23-15-13-22(14-16-23)25-12-8-18-32-25/h4-5,8,10-16,18,20H,6-7,9,17,19H2,1-3H3. The molecule has 32 heavy (non-hydrogen) atoms. The summed E-state index contributed by atoms with van der Waals surface area (Å²) in [6.45, 7) is 4.66. The van der Waals surface area contributed by atoms with Crippen LogP contribution in [0.5, 0.6) is 5.75 Å². The number of hydrogen-bond acceptors (Lipinski definition) is 4. The van der Waals surface area contributed by atoms with Gasteiger partial charge < -0.3 is 14.1 Å². The lowest BCUT2D eigenvalue weighted by atomic mass is 10.0. The van der Waals surface area contributed by atoms with Crippen LogP contribution in [0.25, 0.3) is 11.3 Å².